The number of rotatable bonds is 5. The van der Waals surface area contributed by atoms with E-state index in [0.717, 1.165) is 5.56 Å². The van der Waals surface area contributed by atoms with Gasteiger partial charge in [0.1, 0.15) is 0 Å². The van der Waals surface area contributed by atoms with Gasteiger partial charge in [-0.3, -0.25) is 5.10 Å². The topological polar surface area (TPSA) is 96.8 Å². The largest absolute Gasteiger partial charge is 0.504 e. The summed E-state index contributed by atoms with van der Waals surface area (Å²) in [5.74, 6) is 0.988. The number of aromatic amines is 1. The van der Waals surface area contributed by atoms with E-state index in [9.17, 15) is 10.2 Å². The summed E-state index contributed by atoms with van der Waals surface area (Å²) in [6, 6.07) is 8.44. The zero-order valence-electron chi connectivity index (χ0n) is 14.0. The number of benzene rings is 2. The van der Waals surface area contributed by atoms with E-state index in [0.29, 0.717) is 28.3 Å². The van der Waals surface area contributed by atoms with E-state index in [1.807, 2.05) is 0 Å². The van der Waals surface area contributed by atoms with Crippen LogP contribution in [-0.2, 0) is 0 Å². The van der Waals surface area contributed by atoms with Crippen molar-refractivity contribution in [1.82, 2.24) is 10.2 Å². The molecule has 0 atom stereocenters. The van der Waals surface area contributed by atoms with Gasteiger partial charge in [-0.2, -0.15) is 5.10 Å². The fourth-order valence-corrected chi connectivity index (χ4v) is 2.68. The maximum absolute atomic E-state index is 10.6. The van der Waals surface area contributed by atoms with Gasteiger partial charge in [0.25, 0.3) is 0 Å². The van der Waals surface area contributed by atoms with Crippen molar-refractivity contribution in [3.8, 4) is 51.1 Å². The Labute approximate surface area is 144 Å². The molecule has 1 heterocycles. The molecule has 0 aliphatic rings. The molecule has 2 aromatic carbocycles. The van der Waals surface area contributed by atoms with Gasteiger partial charge >= 0.3 is 0 Å². The quantitative estimate of drug-likeness (QED) is 0.659. The zero-order chi connectivity index (χ0) is 18.0. The van der Waals surface area contributed by atoms with Crippen molar-refractivity contribution in [2.45, 2.75) is 0 Å². The van der Waals surface area contributed by atoms with Gasteiger partial charge in [0.2, 0.25) is 5.75 Å². The molecular formula is C18H18N2O5. The van der Waals surface area contributed by atoms with Crippen molar-refractivity contribution in [2.24, 2.45) is 0 Å². The third kappa shape index (κ3) is 2.80. The number of H-pyrrole nitrogens is 1. The molecule has 130 valence electrons. The summed E-state index contributed by atoms with van der Waals surface area (Å²) in [6.45, 7) is 0. The van der Waals surface area contributed by atoms with Crippen LogP contribution in [0.5, 0.6) is 28.7 Å². The molecule has 3 rings (SSSR count). The second kappa shape index (κ2) is 6.64. The highest BCUT2D eigenvalue weighted by Crippen LogP contribution is 2.45. The molecule has 0 unspecified atom stereocenters. The van der Waals surface area contributed by atoms with Crippen LogP contribution >= 0.6 is 0 Å². The maximum Gasteiger partial charge on any atom is 0.203 e. The summed E-state index contributed by atoms with van der Waals surface area (Å²) < 4.78 is 15.5. The van der Waals surface area contributed by atoms with Crippen LogP contribution < -0.4 is 14.2 Å². The molecule has 0 radical (unpaired) electrons. The lowest BCUT2D eigenvalue weighted by Gasteiger charge is -2.13. The summed E-state index contributed by atoms with van der Waals surface area (Å²) in [5.41, 5.74) is 2.51. The fourth-order valence-electron chi connectivity index (χ4n) is 2.68. The van der Waals surface area contributed by atoms with Crippen LogP contribution in [0.25, 0.3) is 22.4 Å². The van der Waals surface area contributed by atoms with Crippen LogP contribution in [0, 0.1) is 0 Å². The van der Waals surface area contributed by atoms with E-state index < -0.39 is 0 Å². The average molecular weight is 342 g/mol. The van der Waals surface area contributed by atoms with E-state index in [1.165, 1.54) is 21.3 Å². The fraction of sp³-hybridized carbons (Fsp3) is 0.167. The Morgan fingerprint density at radius 1 is 0.880 bits per heavy atom. The zero-order valence-corrected chi connectivity index (χ0v) is 14.0. The third-order valence-electron chi connectivity index (χ3n) is 3.92. The van der Waals surface area contributed by atoms with Gasteiger partial charge in [-0.25, -0.2) is 0 Å². The van der Waals surface area contributed by atoms with Crippen LogP contribution in [-0.4, -0.2) is 41.7 Å². The molecule has 3 aromatic rings. The molecule has 0 aliphatic heterocycles. The molecule has 0 amide bonds. The van der Waals surface area contributed by atoms with Crippen molar-refractivity contribution in [3.05, 3.63) is 36.5 Å². The maximum atomic E-state index is 10.6. The van der Waals surface area contributed by atoms with E-state index in [4.69, 9.17) is 14.2 Å². The number of aromatic hydroxyl groups is 2. The Balaban J connectivity index is 2.13. The van der Waals surface area contributed by atoms with Crippen LogP contribution in [0.15, 0.2) is 36.5 Å². The summed E-state index contributed by atoms with van der Waals surface area (Å²) in [7, 11) is 4.44. The Morgan fingerprint density at radius 2 is 1.60 bits per heavy atom. The monoisotopic (exact) mass is 342 g/mol. The van der Waals surface area contributed by atoms with E-state index in [1.54, 1.807) is 36.5 Å². The first kappa shape index (κ1) is 16.5. The van der Waals surface area contributed by atoms with Gasteiger partial charge < -0.3 is 24.4 Å². The SMILES string of the molecule is COc1ccc(-c2cn[nH]c2-c2ccc(OC)c(OC)c2O)cc1O. The molecule has 0 spiro atoms. The van der Waals surface area contributed by atoms with Crippen LogP contribution in [0.4, 0.5) is 0 Å². The first-order chi connectivity index (χ1) is 12.1. The van der Waals surface area contributed by atoms with Crippen molar-refractivity contribution in [3.63, 3.8) is 0 Å². The molecule has 0 saturated heterocycles. The predicted molar refractivity (Wildman–Crippen MR) is 92.4 cm³/mol. The van der Waals surface area contributed by atoms with Gasteiger partial charge in [-0.1, -0.05) is 6.07 Å². The van der Waals surface area contributed by atoms with Crippen molar-refractivity contribution >= 4 is 0 Å². The first-order valence-electron chi connectivity index (χ1n) is 7.45. The molecule has 25 heavy (non-hydrogen) atoms. The molecule has 7 heteroatoms. The van der Waals surface area contributed by atoms with Crippen LogP contribution in [0.2, 0.25) is 0 Å². The standard InChI is InChI=1S/C18H18N2O5/c1-23-14-6-4-10(8-13(14)21)12-9-19-20-16(12)11-5-7-15(24-2)18(25-3)17(11)22/h4-9,21-22H,1-3H3,(H,19,20). The summed E-state index contributed by atoms with van der Waals surface area (Å²) >= 11 is 0. The van der Waals surface area contributed by atoms with Gasteiger partial charge in [-0.15, -0.1) is 0 Å². The Bertz CT molecular complexity index is 904. The third-order valence-corrected chi connectivity index (χ3v) is 3.92. The lowest BCUT2D eigenvalue weighted by molar-refractivity contribution is 0.334. The minimum absolute atomic E-state index is 0.0173. The van der Waals surface area contributed by atoms with E-state index in [2.05, 4.69) is 10.2 Å². The second-order valence-electron chi connectivity index (χ2n) is 5.24. The number of nitrogens with zero attached hydrogens (tertiary/aromatic N) is 1. The number of ether oxygens (including phenoxy) is 3. The summed E-state index contributed by atoms with van der Waals surface area (Å²) in [4.78, 5) is 0. The highest BCUT2D eigenvalue weighted by molar-refractivity contribution is 5.85. The highest BCUT2D eigenvalue weighted by atomic mass is 16.5. The number of hydrogen-bond donors (Lipinski definition) is 3. The molecule has 0 fully saturated rings. The summed E-state index contributed by atoms with van der Waals surface area (Å²) in [5, 5.41) is 27.5. The number of nitrogens with one attached hydrogen (secondary N) is 1. The smallest absolute Gasteiger partial charge is 0.203 e. The van der Waals surface area contributed by atoms with E-state index >= 15 is 0 Å². The minimum atomic E-state index is -0.0647. The van der Waals surface area contributed by atoms with Gasteiger partial charge in [0, 0.05) is 11.1 Å². The molecule has 0 aliphatic carbocycles. The Morgan fingerprint density at radius 3 is 2.24 bits per heavy atom. The molecule has 1 aromatic heterocycles. The molecule has 0 bridgehead atoms. The van der Waals surface area contributed by atoms with Crippen LogP contribution in [0.3, 0.4) is 0 Å². The second-order valence-corrected chi connectivity index (χ2v) is 5.24. The Hall–Kier alpha value is -3.35. The lowest BCUT2D eigenvalue weighted by Crippen LogP contribution is -1.93. The minimum Gasteiger partial charge on any atom is -0.504 e. The molecule has 0 saturated carbocycles. The molecule has 7 nitrogen and oxygen atoms in total. The normalized spacial score (nSPS) is 10.5. The van der Waals surface area contributed by atoms with Gasteiger partial charge in [0.15, 0.2) is 23.0 Å². The molecular weight excluding hydrogens is 324 g/mol. The van der Waals surface area contributed by atoms with Crippen LogP contribution in [0.1, 0.15) is 0 Å². The number of hydrogen-bond acceptors (Lipinski definition) is 6. The number of phenolic OH excluding ortho intramolecular Hbond substituents is 2. The lowest BCUT2D eigenvalue weighted by atomic mass is 10.00. The summed E-state index contributed by atoms with van der Waals surface area (Å²) in [6.07, 6.45) is 1.62. The van der Waals surface area contributed by atoms with Gasteiger partial charge in [0.05, 0.1) is 33.2 Å². The number of methoxy groups -OCH3 is 3. The highest BCUT2D eigenvalue weighted by Gasteiger charge is 2.20. The number of phenols is 2. The first-order valence-corrected chi connectivity index (χ1v) is 7.45. The molecule has 3 N–H and O–H groups in total. The van der Waals surface area contributed by atoms with Gasteiger partial charge in [-0.05, 0) is 29.8 Å². The number of aromatic nitrogens is 2. The van der Waals surface area contributed by atoms with Crippen molar-refractivity contribution < 1.29 is 24.4 Å². The average Bonchev–Trinajstić information content (AvgIpc) is 3.10. The Kier molecular flexibility index (Phi) is 4.38. The predicted octanol–water partition coefficient (Wildman–Crippen LogP) is 3.18. The van der Waals surface area contributed by atoms with Crippen molar-refractivity contribution in [2.75, 3.05) is 21.3 Å². The van der Waals surface area contributed by atoms with Crippen molar-refractivity contribution in [1.29, 1.82) is 0 Å². The van der Waals surface area contributed by atoms with E-state index in [-0.39, 0.29) is 17.2 Å².